The summed E-state index contributed by atoms with van der Waals surface area (Å²) in [5, 5.41) is 9.78. The Morgan fingerprint density at radius 3 is 2.11 bits per heavy atom. The van der Waals surface area contributed by atoms with Gasteiger partial charge in [-0.2, -0.15) is 0 Å². The zero-order valence-corrected chi connectivity index (χ0v) is 12.8. The third kappa shape index (κ3) is 4.37. The molecule has 10 heteroatoms. The Kier molecular flexibility index (Phi) is 5.34. The van der Waals surface area contributed by atoms with Gasteiger partial charge >= 0.3 is 5.24 Å². The van der Waals surface area contributed by atoms with E-state index in [2.05, 4.69) is 0 Å². The molecule has 2 N–H and O–H groups in total. The van der Waals surface area contributed by atoms with Gasteiger partial charge in [0.05, 0.1) is 4.90 Å². The van der Waals surface area contributed by atoms with E-state index in [4.69, 9.17) is 46.4 Å². The average Bonchev–Trinajstić information content (AvgIpc) is 2.28. The number of benzene rings is 1. The van der Waals surface area contributed by atoms with Crippen LogP contribution in [0.25, 0.3) is 0 Å². The van der Waals surface area contributed by atoms with Crippen LogP contribution in [-0.2, 0) is 9.84 Å². The van der Waals surface area contributed by atoms with Gasteiger partial charge in [0.15, 0.2) is 6.23 Å². The SMILES string of the molecule is O=C(NC(O)C(Cl)(Cl)Cl)S(=O)(=O)c1ccc(Cl)cc1. The largest absolute Gasteiger partial charge is 0.369 e. The van der Waals surface area contributed by atoms with Crippen molar-refractivity contribution in [3.8, 4) is 0 Å². The fourth-order valence-electron chi connectivity index (χ4n) is 0.992. The minimum atomic E-state index is -4.36. The molecule has 1 rings (SSSR count). The number of rotatable bonds is 2. The van der Waals surface area contributed by atoms with Crippen LogP contribution < -0.4 is 5.32 Å². The first-order chi connectivity index (χ1) is 8.55. The summed E-state index contributed by atoms with van der Waals surface area (Å²) in [6, 6.07) is 4.87. The Morgan fingerprint density at radius 2 is 1.68 bits per heavy atom. The Bertz CT molecular complexity index is 567. The van der Waals surface area contributed by atoms with Gasteiger partial charge in [-0.3, -0.25) is 4.79 Å². The Morgan fingerprint density at radius 1 is 1.21 bits per heavy atom. The van der Waals surface area contributed by atoms with E-state index < -0.39 is 25.1 Å². The number of nitrogens with one attached hydrogen (secondary N) is 1. The number of aliphatic hydroxyl groups is 1. The molecule has 0 fully saturated rings. The summed E-state index contributed by atoms with van der Waals surface area (Å²) in [7, 11) is -4.36. The lowest BCUT2D eigenvalue weighted by Crippen LogP contribution is -2.45. The van der Waals surface area contributed by atoms with Gasteiger partial charge in [0.25, 0.3) is 9.84 Å². The average molecular weight is 367 g/mol. The summed E-state index contributed by atoms with van der Waals surface area (Å²) < 4.78 is 21.4. The van der Waals surface area contributed by atoms with E-state index in [0.717, 1.165) is 12.1 Å². The maximum atomic E-state index is 11.8. The van der Waals surface area contributed by atoms with E-state index >= 15 is 0 Å². The van der Waals surface area contributed by atoms with Gasteiger partial charge in [-0.1, -0.05) is 46.4 Å². The highest BCUT2D eigenvalue weighted by molar-refractivity contribution is 8.06. The number of carbonyl (C=O) groups excluding carboxylic acids is 1. The summed E-state index contributed by atoms with van der Waals surface area (Å²) in [4.78, 5) is 11.2. The molecule has 0 bridgehead atoms. The highest BCUT2D eigenvalue weighted by atomic mass is 35.6. The number of hydrogen-bond acceptors (Lipinski definition) is 4. The van der Waals surface area contributed by atoms with E-state index in [1.165, 1.54) is 12.1 Å². The van der Waals surface area contributed by atoms with Gasteiger partial charge in [0.1, 0.15) is 0 Å². The van der Waals surface area contributed by atoms with Crippen LogP contribution in [-0.4, -0.2) is 28.8 Å². The molecule has 106 valence electrons. The summed E-state index contributed by atoms with van der Waals surface area (Å²) in [6.45, 7) is 0. The smallest absolute Gasteiger partial charge is 0.343 e. The molecule has 1 aromatic carbocycles. The Balaban J connectivity index is 2.95. The van der Waals surface area contributed by atoms with Gasteiger partial charge < -0.3 is 10.4 Å². The molecule has 1 unspecified atom stereocenters. The van der Waals surface area contributed by atoms with Crippen molar-refractivity contribution in [2.45, 2.75) is 14.9 Å². The van der Waals surface area contributed by atoms with Gasteiger partial charge in [-0.25, -0.2) is 8.42 Å². The van der Waals surface area contributed by atoms with Crippen LogP contribution >= 0.6 is 46.4 Å². The van der Waals surface area contributed by atoms with Crippen LogP contribution in [0.1, 0.15) is 0 Å². The van der Waals surface area contributed by atoms with Crippen LogP contribution in [0.2, 0.25) is 5.02 Å². The van der Waals surface area contributed by atoms with Gasteiger partial charge in [0, 0.05) is 5.02 Å². The lowest BCUT2D eigenvalue weighted by atomic mass is 10.4. The number of carbonyl (C=O) groups is 1. The number of alkyl halides is 3. The molecule has 0 saturated heterocycles. The van der Waals surface area contributed by atoms with Crippen LogP contribution in [0, 0.1) is 0 Å². The maximum Gasteiger partial charge on any atom is 0.343 e. The molecule has 1 aromatic rings. The minimum Gasteiger partial charge on any atom is -0.369 e. The molecule has 0 radical (unpaired) electrons. The van der Waals surface area contributed by atoms with Crippen molar-refractivity contribution in [3.63, 3.8) is 0 Å². The Hall–Kier alpha value is -0.240. The molecular formula is C9H7Cl4NO4S. The molecule has 0 saturated carbocycles. The van der Waals surface area contributed by atoms with Crippen molar-refractivity contribution >= 4 is 61.5 Å². The zero-order valence-electron chi connectivity index (χ0n) is 8.98. The third-order valence-electron chi connectivity index (χ3n) is 1.93. The molecule has 0 aliphatic heterocycles. The number of amides is 1. The second-order valence-corrected chi connectivity index (χ2v) is 7.99. The molecule has 19 heavy (non-hydrogen) atoms. The van der Waals surface area contributed by atoms with Crippen LogP contribution in [0.4, 0.5) is 4.79 Å². The number of aliphatic hydroxyl groups excluding tert-OH is 1. The molecule has 1 amide bonds. The summed E-state index contributed by atoms with van der Waals surface area (Å²) in [6.07, 6.45) is -1.97. The van der Waals surface area contributed by atoms with Crippen molar-refractivity contribution in [1.29, 1.82) is 0 Å². The highest BCUT2D eigenvalue weighted by Crippen LogP contribution is 2.29. The lowest BCUT2D eigenvalue weighted by molar-refractivity contribution is 0.151. The minimum absolute atomic E-state index is 0.300. The predicted molar refractivity (Wildman–Crippen MR) is 73.5 cm³/mol. The van der Waals surface area contributed by atoms with Crippen LogP contribution in [0.3, 0.4) is 0 Å². The van der Waals surface area contributed by atoms with Gasteiger partial charge in [-0.05, 0) is 24.3 Å². The van der Waals surface area contributed by atoms with Gasteiger partial charge in [0.2, 0.25) is 3.79 Å². The monoisotopic (exact) mass is 365 g/mol. The zero-order chi connectivity index (χ0) is 14.8. The van der Waals surface area contributed by atoms with Crippen molar-refractivity contribution in [2.24, 2.45) is 0 Å². The fourth-order valence-corrected chi connectivity index (χ4v) is 2.26. The molecule has 0 aliphatic carbocycles. The quantitative estimate of drug-likeness (QED) is 0.622. The first-order valence-electron chi connectivity index (χ1n) is 4.61. The maximum absolute atomic E-state index is 11.8. The predicted octanol–water partition coefficient (Wildman–Crippen LogP) is 2.51. The lowest BCUT2D eigenvalue weighted by Gasteiger charge is -2.19. The Labute approximate surface area is 129 Å². The number of hydrogen-bond donors (Lipinski definition) is 2. The molecule has 0 aromatic heterocycles. The van der Waals surface area contributed by atoms with E-state index in [1.807, 2.05) is 0 Å². The number of halogens is 4. The van der Waals surface area contributed by atoms with Crippen LogP contribution in [0.5, 0.6) is 0 Å². The van der Waals surface area contributed by atoms with E-state index in [0.29, 0.717) is 5.02 Å². The molecular weight excluding hydrogens is 360 g/mol. The molecule has 5 nitrogen and oxygen atoms in total. The topological polar surface area (TPSA) is 83.5 Å². The van der Waals surface area contributed by atoms with Gasteiger partial charge in [-0.15, -0.1) is 0 Å². The number of sulfone groups is 1. The van der Waals surface area contributed by atoms with E-state index in [-0.39, 0.29) is 4.90 Å². The second-order valence-electron chi connectivity index (χ2n) is 3.33. The normalized spacial score (nSPS) is 13.9. The highest BCUT2D eigenvalue weighted by Gasteiger charge is 2.35. The van der Waals surface area contributed by atoms with Crippen molar-refractivity contribution in [2.75, 3.05) is 0 Å². The van der Waals surface area contributed by atoms with E-state index in [1.54, 1.807) is 5.32 Å². The van der Waals surface area contributed by atoms with Crippen molar-refractivity contribution in [3.05, 3.63) is 29.3 Å². The fraction of sp³-hybridized carbons (Fsp3) is 0.222. The molecule has 0 spiro atoms. The standard InChI is InChI=1S/C9H7Cl4NO4S/c10-5-1-3-6(4-2-5)19(17,18)8(16)14-7(15)9(11,12)13/h1-4,7,15H,(H,14,16). The molecule has 0 aliphatic rings. The first-order valence-corrected chi connectivity index (χ1v) is 7.60. The summed E-state index contributed by atoms with van der Waals surface area (Å²) >= 11 is 21.5. The molecule has 0 heterocycles. The van der Waals surface area contributed by atoms with Crippen LogP contribution in [0.15, 0.2) is 29.2 Å². The first kappa shape index (κ1) is 16.8. The molecule has 1 atom stereocenters. The summed E-state index contributed by atoms with van der Waals surface area (Å²) in [5.41, 5.74) is 0. The third-order valence-corrected chi connectivity index (χ3v) is 4.30. The summed E-state index contributed by atoms with van der Waals surface area (Å²) in [5.74, 6) is 0. The van der Waals surface area contributed by atoms with Crippen molar-refractivity contribution in [1.82, 2.24) is 5.32 Å². The van der Waals surface area contributed by atoms with E-state index in [9.17, 15) is 18.3 Å². The second kappa shape index (κ2) is 6.03. The van der Waals surface area contributed by atoms with Crippen molar-refractivity contribution < 1.29 is 18.3 Å².